The molecule has 0 radical (unpaired) electrons. The van der Waals surface area contributed by atoms with Gasteiger partial charge in [0.15, 0.2) is 0 Å². The molecule has 0 aliphatic rings. The number of benzene rings is 1. The van der Waals surface area contributed by atoms with E-state index >= 15 is 0 Å². The summed E-state index contributed by atoms with van der Waals surface area (Å²) in [6.45, 7) is 0.852. The normalized spacial score (nSPS) is 11.2. The number of halogens is 1. The monoisotopic (exact) mass is 287 g/mol. The standard InChI is InChI=1S/C11H14ClN3O2S/c12-11-4-3-10(7-9(11)8-14)18(16,17)15-6-2-1-5-13/h3-4,7,15H,1-2,5-6,13H2. The van der Waals surface area contributed by atoms with Crippen LogP contribution in [0.3, 0.4) is 0 Å². The fourth-order valence-electron chi connectivity index (χ4n) is 1.32. The van der Waals surface area contributed by atoms with Crippen LogP contribution in [-0.4, -0.2) is 21.5 Å². The first kappa shape index (κ1) is 14.9. The predicted octanol–water partition coefficient (Wildman–Crippen LogP) is 1.23. The van der Waals surface area contributed by atoms with E-state index in [1.165, 1.54) is 18.2 Å². The van der Waals surface area contributed by atoms with Gasteiger partial charge in [0.2, 0.25) is 10.0 Å². The Labute approximate surface area is 112 Å². The molecule has 0 heterocycles. The van der Waals surface area contributed by atoms with Crippen LogP contribution in [0.15, 0.2) is 23.1 Å². The van der Waals surface area contributed by atoms with Crippen molar-refractivity contribution in [3.63, 3.8) is 0 Å². The van der Waals surface area contributed by atoms with E-state index in [1.54, 1.807) is 0 Å². The summed E-state index contributed by atoms with van der Waals surface area (Å²) in [6.07, 6.45) is 1.43. The second-order valence-electron chi connectivity index (χ2n) is 3.65. The first-order valence-corrected chi connectivity index (χ1v) is 7.27. The van der Waals surface area contributed by atoms with E-state index in [9.17, 15) is 8.42 Å². The van der Waals surface area contributed by atoms with Gasteiger partial charge in [-0.3, -0.25) is 0 Å². The molecular formula is C11H14ClN3O2S. The minimum absolute atomic E-state index is 0.0381. The van der Waals surface area contributed by atoms with E-state index in [2.05, 4.69) is 4.72 Å². The number of rotatable bonds is 6. The molecule has 0 saturated heterocycles. The van der Waals surface area contributed by atoms with E-state index in [1.807, 2.05) is 6.07 Å². The van der Waals surface area contributed by atoms with Gasteiger partial charge in [0.25, 0.3) is 0 Å². The molecule has 0 amide bonds. The summed E-state index contributed by atoms with van der Waals surface area (Å²) in [7, 11) is -3.59. The second-order valence-corrected chi connectivity index (χ2v) is 5.82. The SMILES string of the molecule is N#Cc1cc(S(=O)(=O)NCCCCN)ccc1Cl. The average molecular weight is 288 g/mol. The smallest absolute Gasteiger partial charge is 0.240 e. The molecule has 0 spiro atoms. The van der Waals surface area contributed by atoms with Crippen molar-refractivity contribution in [2.75, 3.05) is 13.1 Å². The molecule has 0 atom stereocenters. The Kier molecular flexibility index (Phi) is 5.56. The average Bonchev–Trinajstić information content (AvgIpc) is 2.35. The van der Waals surface area contributed by atoms with Gasteiger partial charge in [0.05, 0.1) is 15.5 Å². The molecule has 0 aliphatic carbocycles. The third-order valence-corrected chi connectivity index (χ3v) is 4.08. The molecule has 1 aromatic carbocycles. The summed E-state index contributed by atoms with van der Waals surface area (Å²) in [5.74, 6) is 0. The van der Waals surface area contributed by atoms with Crippen LogP contribution in [0.4, 0.5) is 0 Å². The molecular weight excluding hydrogens is 274 g/mol. The fourth-order valence-corrected chi connectivity index (χ4v) is 2.58. The van der Waals surface area contributed by atoms with E-state index < -0.39 is 10.0 Å². The van der Waals surface area contributed by atoms with Crippen LogP contribution >= 0.6 is 11.6 Å². The fraction of sp³-hybridized carbons (Fsp3) is 0.364. The lowest BCUT2D eigenvalue weighted by Gasteiger charge is -2.07. The molecule has 5 nitrogen and oxygen atoms in total. The van der Waals surface area contributed by atoms with Gasteiger partial charge in [-0.1, -0.05) is 11.6 Å². The molecule has 0 saturated carbocycles. The highest BCUT2D eigenvalue weighted by atomic mass is 35.5. The summed E-state index contributed by atoms with van der Waals surface area (Å²) in [6, 6.07) is 5.87. The highest BCUT2D eigenvalue weighted by molar-refractivity contribution is 7.89. The Morgan fingerprint density at radius 2 is 2.11 bits per heavy atom. The van der Waals surface area contributed by atoms with Crippen molar-refractivity contribution in [3.8, 4) is 6.07 Å². The Hall–Kier alpha value is -1.13. The number of sulfonamides is 1. The van der Waals surface area contributed by atoms with E-state index in [0.29, 0.717) is 19.5 Å². The Morgan fingerprint density at radius 3 is 2.72 bits per heavy atom. The van der Waals surface area contributed by atoms with Crippen LogP contribution in [0.2, 0.25) is 5.02 Å². The quantitative estimate of drug-likeness (QED) is 0.769. The summed E-state index contributed by atoms with van der Waals surface area (Å²) in [4.78, 5) is 0.0381. The van der Waals surface area contributed by atoms with Crippen LogP contribution in [0, 0.1) is 11.3 Å². The minimum Gasteiger partial charge on any atom is -0.330 e. The molecule has 18 heavy (non-hydrogen) atoms. The first-order chi connectivity index (χ1) is 8.51. The van der Waals surface area contributed by atoms with Crippen LogP contribution < -0.4 is 10.5 Å². The third-order valence-electron chi connectivity index (χ3n) is 2.29. The predicted molar refractivity (Wildman–Crippen MR) is 69.6 cm³/mol. The maximum absolute atomic E-state index is 11.9. The van der Waals surface area contributed by atoms with Crippen molar-refractivity contribution in [2.45, 2.75) is 17.7 Å². The summed E-state index contributed by atoms with van der Waals surface area (Å²) >= 11 is 5.74. The molecule has 0 bridgehead atoms. The molecule has 0 aliphatic heterocycles. The van der Waals surface area contributed by atoms with Crippen LogP contribution in [0.1, 0.15) is 18.4 Å². The zero-order valence-electron chi connectivity index (χ0n) is 9.69. The Morgan fingerprint density at radius 1 is 1.39 bits per heavy atom. The van der Waals surface area contributed by atoms with Gasteiger partial charge in [-0.2, -0.15) is 5.26 Å². The first-order valence-electron chi connectivity index (χ1n) is 5.40. The molecule has 0 fully saturated rings. The largest absolute Gasteiger partial charge is 0.330 e. The van der Waals surface area contributed by atoms with Crippen LogP contribution in [-0.2, 0) is 10.0 Å². The lowest BCUT2D eigenvalue weighted by atomic mass is 10.2. The van der Waals surface area contributed by atoms with Crippen molar-refractivity contribution in [1.82, 2.24) is 4.72 Å². The van der Waals surface area contributed by atoms with Crippen molar-refractivity contribution in [3.05, 3.63) is 28.8 Å². The van der Waals surface area contributed by atoms with Gasteiger partial charge >= 0.3 is 0 Å². The van der Waals surface area contributed by atoms with Gasteiger partial charge in [0, 0.05) is 6.54 Å². The topological polar surface area (TPSA) is 96.0 Å². The second kappa shape index (κ2) is 6.71. The molecule has 1 aromatic rings. The van der Waals surface area contributed by atoms with Crippen LogP contribution in [0.25, 0.3) is 0 Å². The van der Waals surface area contributed by atoms with Crippen molar-refractivity contribution in [2.24, 2.45) is 5.73 Å². The van der Waals surface area contributed by atoms with E-state index in [-0.39, 0.29) is 15.5 Å². The highest BCUT2D eigenvalue weighted by Gasteiger charge is 2.14. The van der Waals surface area contributed by atoms with Crippen molar-refractivity contribution in [1.29, 1.82) is 5.26 Å². The Balaban J connectivity index is 2.83. The maximum atomic E-state index is 11.9. The zero-order chi connectivity index (χ0) is 13.6. The summed E-state index contributed by atoms with van der Waals surface area (Å²) in [5.41, 5.74) is 5.46. The summed E-state index contributed by atoms with van der Waals surface area (Å²) in [5, 5.41) is 9.03. The summed E-state index contributed by atoms with van der Waals surface area (Å²) < 4.78 is 26.2. The number of nitriles is 1. The zero-order valence-corrected chi connectivity index (χ0v) is 11.3. The number of nitrogens with one attached hydrogen (secondary N) is 1. The molecule has 3 N–H and O–H groups in total. The maximum Gasteiger partial charge on any atom is 0.240 e. The van der Waals surface area contributed by atoms with Gasteiger partial charge < -0.3 is 5.73 Å². The molecule has 7 heteroatoms. The molecule has 98 valence electrons. The lowest BCUT2D eigenvalue weighted by Crippen LogP contribution is -2.25. The van der Waals surface area contributed by atoms with Gasteiger partial charge in [0.1, 0.15) is 6.07 Å². The number of hydrogen-bond donors (Lipinski definition) is 2. The number of hydrogen-bond acceptors (Lipinski definition) is 4. The lowest BCUT2D eigenvalue weighted by molar-refractivity contribution is 0.577. The van der Waals surface area contributed by atoms with Crippen molar-refractivity contribution >= 4 is 21.6 Å². The van der Waals surface area contributed by atoms with Gasteiger partial charge in [-0.25, -0.2) is 13.1 Å². The minimum atomic E-state index is -3.59. The van der Waals surface area contributed by atoms with Gasteiger partial charge in [-0.15, -0.1) is 0 Å². The highest BCUT2D eigenvalue weighted by Crippen LogP contribution is 2.19. The molecule has 0 aromatic heterocycles. The van der Waals surface area contributed by atoms with E-state index in [4.69, 9.17) is 22.6 Å². The third kappa shape index (κ3) is 3.96. The van der Waals surface area contributed by atoms with E-state index in [0.717, 1.165) is 6.42 Å². The van der Waals surface area contributed by atoms with Crippen molar-refractivity contribution < 1.29 is 8.42 Å². The molecule has 1 rings (SSSR count). The Bertz CT molecular complexity index is 552. The number of unbranched alkanes of at least 4 members (excludes halogenated alkanes) is 1. The number of nitrogens with two attached hydrogens (primary N) is 1. The van der Waals surface area contributed by atoms with Gasteiger partial charge in [-0.05, 0) is 37.6 Å². The number of nitrogens with zero attached hydrogens (tertiary/aromatic N) is 1. The molecule has 0 unspecified atom stereocenters. The van der Waals surface area contributed by atoms with Crippen LogP contribution in [0.5, 0.6) is 0 Å².